The highest BCUT2D eigenvalue weighted by Crippen LogP contribution is 2.28. The summed E-state index contributed by atoms with van der Waals surface area (Å²) in [5.74, 6) is 0. The van der Waals surface area contributed by atoms with E-state index >= 15 is 0 Å². The number of nitrogens with two attached hydrogens (primary N) is 2. The Hall–Kier alpha value is -1.62. The third-order valence-corrected chi connectivity index (χ3v) is 1.75. The summed E-state index contributed by atoms with van der Waals surface area (Å²) in [6.45, 7) is -0.0358. The largest absolute Gasteiger partial charge is 0.399 e. The molecule has 5 N–H and O–H groups in total. The van der Waals surface area contributed by atoms with Gasteiger partial charge in [0.1, 0.15) is 5.69 Å². The Bertz CT molecular complexity index is 325. The summed E-state index contributed by atoms with van der Waals surface area (Å²) in [5, 5.41) is 11.4. The van der Waals surface area contributed by atoms with Gasteiger partial charge in [0, 0.05) is 12.3 Å². The van der Waals surface area contributed by atoms with Gasteiger partial charge in [0.2, 0.25) is 0 Å². The molecule has 1 aromatic carbocycles. The minimum absolute atomic E-state index is 0.0358. The topological polar surface area (TPSA) is 102 Å². The van der Waals surface area contributed by atoms with Crippen LogP contribution in [0.4, 0.5) is 17.1 Å². The third-order valence-electron chi connectivity index (χ3n) is 1.75. The van der Waals surface area contributed by atoms with Crippen molar-refractivity contribution >= 4 is 17.1 Å². The molecule has 0 spiro atoms. The Morgan fingerprint density at radius 1 is 1.38 bits per heavy atom. The molecule has 0 aliphatic carbocycles. The average Bonchev–Trinajstić information content (AvgIpc) is 2.11. The first kappa shape index (κ1) is 9.47. The molecule has 0 saturated heterocycles. The van der Waals surface area contributed by atoms with Crippen LogP contribution in [-0.4, -0.2) is 11.7 Å². The molecule has 70 valence electrons. The van der Waals surface area contributed by atoms with E-state index in [1.165, 1.54) is 6.07 Å². The second-order valence-corrected chi connectivity index (χ2v) is 2.68. The van der Waals surface area contributed by atoms with Crippen LogP contribution in [0.1, 0.15) is 5.56 Å². The summed E-state index contributed by atoms with van der Waals surface area (Å²) in [7, 11) is 0. The highest BCUT2D eigenvalue weighted by molar-refractivity contribution is 5.72. The molecule has 0 atom stereocenters. The molecular weight excluding hydrogens is 170 g/mol. The summed E-state index contributed by atoms with van der Waals surface area (Å²) in [5.41, 5.74) is 12.6. The first-order valence-electron chi connectivity index (χ1n) is 3.81. The Kier molecular flexibility index (Phi) is 2.81. The molecule has 0 fully saturated rings. The van der Waals surface area contributed by atoms with Gasteiger partial charge in [-0.1, -0.05) is 0 Å². The van der Waals surface area contributed by atoms with Crippen LogP contribution in [-0.2, 0) is 6.42 Å². The number of aliphatic hydroxyl groups is 1. The van der Waals surface area contributed by atoms with Crippen LogP contribution in [0.3, 0.4) is 0 Å². The summed E-state index contributed by atoms with van der Waals surface area (Å²) in [4.78, 5) is 10.3. The van der Waals surface area contributed by atoms with Crippen LogP contribution >= 0.6 is 0 Å². The molecule has 0 aliphatic heterocycles. The zero-order chi connectivity index (χ0) is 9.84. The first-order valence-corrected chi connectivity index (χ1v) is 3.81. The van der Waals surface area contributed by atoms with Crippen molar-refractivity contribution in [1.29, 1.82) is 0 Å². The number of anilines is 2. The van der Waals surface area contributed by atoms with E-state index < -0.39 is 0 Å². The van der Waals surface area contributed by atoms with Crippen molar-refractivity contribution in [2.24, 2.45) is 5.18 Å². The van der Waals surface area contributed by atoms with Gasteiger partial charge in [0.05, 0.1) is 5.69 Å². The lowest BCUT2D eigenvalue weighted by molar-refractivity contribution is 0.300. The molecule has 0 unspecified atom stereocenters. The van der Waals surface area contributed by atoms with Crippen LogP contribution in [0.5, 0.6) is 0 Å². The number of hydrogen-bond donors (Lipinski definition) is 3. The third kappa shape index (κ3) is 1.94. The lowest BCUT2D eigenvalue weighted by Gasteiger charge is -2.06. The fourth-order valence-electron chi connectivity index (χ4n) is 1.12. The van der Waals surface area contributed by atoms with E-state index in [4.69, 9.17) is 16.6 Å². The number of hydrogen-bond acceptors (Lipinski definition) is 5. The normalized spacial score (nSPS) is 9.92. The van der Waals surface area contributed by atoms with Crippen LogP contribution < -0.4 is 11.5 Å². The van der Waals surface area contributed by atoms with Crippen molar-refractivity contribution in [2.75, 3.05) is 18.1 Å². The van der Waals surface area contributed by atoms with Crippen LogP contribution in [0.2, 0.25) is 0 Å². The standard InChI is InChI=1S/C8H11N3O2/c9-6-3-5(1-2-12)8(10)7(4-6)11-13/h3-4,12H,1-2,9-10H2. The number of aliphatic hydroxyl groups excluding tert-OH is 1. The molecule has 0 amide bonds. The highest BCUT2D eigenvalue weighted by Gasteiger charge is 2.06. The van der Waals surface area contributed by atoms with Crippen molar-refractivity contribution in [3.8, 4) is 0 Å². The molecule has 0 aromatic heterocycles. The Morgan fingerprint density at radius 3 is 2.62 bits per heavy atom. The smallest absolute Gasteiger partial charge is 0.133 e. The fraction of sp³-hybridized carbons (Fsp3) is 0.250. The van der Waals surface area contributed by atoms with Gasteiger partial charge >= 0.3 is 0 Å². The minimum atomic E-state index is -0.0358. The van der Waals surface area contributed by atoms with Crippen LogP contribution in [0.25, 0.3) is 0 Å². The molecule has 0 saturated carbocycles. The van der Waals surface area contributed by atoms with Gasteiger partial charge in [-0.2, -0.15) is 0 Å². The van der Waals surface area contributed by atoms with Crippen molar-refractivity contribution in [1.82, 2.24) is 0 Å². The van der Waals surface area contributed by atoms with Gasteiger partial charge in [-0.15, -0.1) is 4.91 Å². The maximum absolute atomic E-state index is 10.3. The van der Waals surface area contributed by atoms with Crippen molar-refractivity contribution in [3.05, 3.63) is 22.6 Å². The molecule has 0 heterocycles. The lowest BCUT2D eigenvalue weighted by atomic mass is 10.1. The average molecular weight is 181 g/mol. The van der Waals surface area contributed by atoms with Crippen molar-refractivity contribution in [3.63, 3.8) is 0 Å². The zero-order valence-electron chi connectivity index (χ0n) is 7.03. The van der Waals surface area contributed by atoms with Gasteiger partial charge in [-0.25, -0.2) is 0 Å². The second kappa shape index (κ2) is 3.86. The van der Waals surface area contributed by atoms with Gasteiger partial charge < -0.3 is 16.6 Å². The SMILES string of the molecule is Nc1cc(CCO)c(N)c(N=O)c1. The molecule has 1 rings (SSSR count). The molecule has 0 aliphatic rings. The summed E-state index contributed by atoms with van der Waals surface area (Å²) >= 11 is 0. The van der Waals surface area contributed by atoms with Crippen LogP contribution in [0, 0.1) is 4.91 Å². The number of benzene rings is 1. The zero-order valence-corrected chi connectivity index (χ0v) is 7.03. The second-order valence-electron chi connectivity index (χ2n) is 2.68. The Morgan fingerprint density at radius 2 is 2.08 bits per heavy atom. The van der Waals surface area contributed by atoms with Crippen molar-refractivity contribution in [2.45, 2.75) is 6.42 Å². The van der Waals surface area contributed by atoms with E-state index in [1.54, 1.807) is 6.07 Å². The number of nitroso groups, excluding NO2 is 1. The molecule has 0 radical (unpaired) electrons. The van der Waals surface area contributed by atoms with E-state index in [1.807, 2.05) is 0 Å². The predicted octanol–water partition coefficient (Wildman–Crippen LogP) is 0.784. The van der Waals surface area contributed by atoms with Gasteiger partial charge in [-0.3, -0.25) is 0 Å². The number of rotatable bonds is 3. The molecule has 0 bridgehead atoms. The molecule has 5 nitrogen and oxygen atoms in total. The van der Waals surface area contributed by atoms with Gasteiger partial charge in [-0.05, 0) is 29.3 Å². The highest BCUT2D eigenvalue weighted by atomic mass is 16.3. The molecule has 13 heavy (non-hydrogen) atoms. The number of nitrogen functional groups attached to an aromatic ring is 2. The summed E-state index contributed by atoms with van der Waals surface area (Å²) in [6, 6.07) is 3.03. The number of nitrogens with zero attached hydrogens (tertiary/aromatic N) is 1. The quantitative estimate of drug-likeness (QED) is 0.473. The lowest BCUT2D eigenvalue weighted by Crippen LogP contribution is -1.99. The first-order chi connectivity index (χ1) is 6.19. The predicted molar refractivity (Wildman–Crippen MR) is 51.5 cm³/mol. The van der Waals surface area contributed by atoms with Gasteiger partial charge in [0.25, 0.3) is 0 Å². The monoisotopic (exact) mass is 181 g/mol. The fourth-order valence-corrected chi connectivity index (χ4v) is 1.12. The Labute approximate surface area is 75.3 Å². The van der Waals surface area contributed by atoms with E-state index in [0.717, 1.165) is 0 Å². The maximum Gasteiger partial charge on any atom is 0.133 e. The summed E-state index contributed by atoms with van der Waals surface area (Å²) < 4.78 is 0. The van der Waals surface area contributed by atoms with Crippen LogP contribution in [0.15, 0.2) is 17.3 Å². The molecule has 5 heteroatoms. The van der Waals surface area contributed by atoms with E-state index in [0.29, 0.717) is 23.4 Å². The van der Waals surface area contributed by atoms with E-state index in [-0.39, 0.29) is 12.3 Å². The van der Waals surface area contributed by atoms with Gasteiger partial charge in [0.15, 0.2) is 0 Å². The van der Waals surface area contributed by atoms with E-state index in [2.05, 4.69) is 5.18 Å². The van der Waals surface area contributed by atoms with E-state index in [9.17, 15) is 4.91 Å². The minimum Gasteiger partial charge on any atom is -0.399 e. The van der Waals surface area contributed by atoms with Crippen molar-refractivity contribution < 1.29 is 5.11 Å². The Balaban J connectivity index is 3.18. The maximum atomic E-state index is 10.3. The summed E-state index contributed by atoms with van der Waals surface area (Å²) in [6.07, 6.45) is 0.374. The molecular formula is C8H11N3O2. The molecule has 1 aromatic rings.